The fraction of sp³-hybridized carbons (Fsp3) is 1.00. The van der Waals surface area contributed by atoms with Gasteiger partial charge in [-0.1, -0.05) is 13.3 Å². The van der Waals surface area contributed by atoms with Gasteiger partial charge in [0.15, 0.2) is 0 Å². The number of methoxy groups -OCH3 is 1. The first-order valence-corrected chi connectivity index (χ1v) is 6.61. The molecule has 0 saturated heterocycles. The smallest absolute Gasteiger partial charge is 0.0701 e. The van der Waals surface area contributed by atoms with Gasteiger partial charge in [-0.3, -0.25) is 0 Å². The largest absolute Gasteiger partial charge is 0.396 e. The van der Waals surface area contributed by atoms with Crippen LogP contribution in [0.5, 0.6) is 0 Å². The van der Waals surface area contributed by atoms with Gasteiger partial charge in [-0.25, -0.2) is 0 Å². The van der Waals surface area contributed by atoms with Crippen molar-refractivity contribution in [1.82, 2.24) is 0 Å². The van der Waals surface area contributed by atoms with Crippen LogP contribution in [-0.2, 0) is 14.2 Å². The van der Waals surface area contributed by atoms with Crippen molar-refractivity contribution in [3.05, 3.63) is 0 Å². The van der Waals surface area contributed by atoms with Crippen molar-refractivity contribution < 1.29 is 24.4 Å². The zero-order chi connectivity index (χ0) is 13.7. The van der Waals surface area contributed by atoms with Gasteiger partial charge in [0.1, 0.15) is 0 Å². The molecule has 0 rings (SSSR count). The fourth-order valence-electron chi connectivity index (χ4n) is 1.77. The molecule has 0 spiro atoms. The van der Waals surface area contributed by atoms with Crippen LogP contribution < -0.4 is 0 Å². The molecule has 0 radical (unpaired) electrons. The number of aliphatic hydroxyl groups is 2. The molecule has 0 unspecified atom stereocenters. The van der Waals surface area contributed by atoms with Gasteiger partial charge in [-0.15, -0.1) is 0 Å². The van der Waals surface area contributed by atoms with E-state index in [1.165, 1.54) is 0 Å². The Morgan fingerprint density at radius 1 is 0.833 bits per heavy atom. The Bertz CT molecular complexity index is 171. The first-order valence-electron chi connectivity index (χ1n) is 6.61. The maximum atomic E-state index is 9.35. The van der Waals surface area contributed by atoms with Crippen LogP contribution in [0.1, 0.15) is 26.2 Å². The molecule has 0 aliphatic rings. The molecular formula is C13H28O5. The van der Waals surface area contributed by atoms with Gasteiger partial charge >= 0.3 is 0 Å². The first-order chi connectivity index (χ1) is 8.74. The SMILES string of the molecule is CCCC(CO)(CO)CCOCCOCCOC. The van der Waals surface area contributed by atoms with E-state index in [0.29, 0.717) is 39.5 Å². The summed E-state index contributed by atoms with van der Waals surface area (Å²) < 4.78 is 15.5. The van der Waals surface area contributed by atoms with Crippen molar-refractivity contribution in [1.29, 1.82) is 0 Å². The van der Waals surface area contributed by atoms with Crippen molar-refractivity contribution in [2.24, 2.45) is 5.41 Å². The molecule has 0 aromatic heterocycles. The summed E-state index contributed by atoms with van der Waals surface area (Å²) in [6, 6.07) is 0. The molecule has 0 saturated carbocycles. The molecule has 0 atom stereocenters. The van der Waals surface area contributed by atoms with Gasteiger partial charge in [-0.2, -0.15) is 0 Å². The van der Waals surface area contributed by atoms with Gasteiger partial charge in [0.2, 0.25) is 0 Å². The third-order valence-electron chi connectivity index (χ3n) is 3.03. The number of ether oxygens (including phenoxy) is 3. The molecule has 18 heavy (non-hydrogen) atoms. The topological polar surface area (TPSA) is 68.2 Å². The molecule has 0 aliphatic carbocycles. The maximum absolute atomic E-state index is 9.35. The molecule has 0 aromatic rings. The Morgan fingerprint density at radius 3 is 1.89 bits per heavy atom. The minimum Gasteiger partial charge on any atom is -0.396 e. The van der Waals surface area contributed by atoms with Crippen LogP contribution in [0.2, 0.25) is 0 Å². The lowest BCUT2D eigenvalue weighted by atomic mass is 9.82. The molecule has 5 heteroatoms. The van der Waals surface area contributed by atoms with Crippen molar-refractivity contribution in [3.8, 4) is 0 Å². The highest BCUT2D eigenvalue weighted by Gasteiger charge is 2.27. The molecule has 0 amide bonds. The lowest BCUT2D eigenvalue weighted by Crippen LogP contribution is -2.31. The van der Waals surface area contributed by atoms with Crippen LogP contribution in [-0.4, -0.2) is 63.6 Å². The van der Waals surface area contributed by atoms with E-state index in [9.17, 15) is 10.2 Å². The van der Waals surface area contributed by atoms with Crippen LogP contribution in [0, 0.1) is 5.41 Å². The summed E-state index contributed by atoms with van der Waals surface area (Å²) in [6.07, 6.45) is 2.43. The van der Waals surface area contributed by atoms with E-state index >= 15 is 0 Å². The van der Waals surface area contributed by atoms with Crippen molar-refractivity contribution in [2.75, 3.05) is 53.4 Å². The minimum absolute atomic E-state index is 0.00500. The third kappa shape index (κ3) is 8.00. The second-order valence-electron chi connectivity index (χ2n) is 4.53. The van der Waals surface area contributed by atoms with Gasteiger partial charge < -0.3 is 24.4 Å². The zero-order valence-corrected chi connectivity index (χ0v) is 11.7. The van der Waals surface area contributed by atoms with E-state index in [-0.39, 0.29) is 13.2 Å². The molecule has 0 aromatic carbocycles. The van der Waals surface area contributed by atoms with E-state index in [1.54, 1.807) is 7.11 Å². The van der Waals surface area contributed by atoms with E-state index in [4.69, 9.17) is 14.2 Å². The van der Waals surface area contributed by atoms with Crippen LogP contribution in [0.3, 0.4) is 0 Å². The number of rotatable bonds is 13. The lowest BCUT2D eigenvalue weighted by Gasteiger charge is -2.29. The average molecular weight is 264 g/mol. The molecule has 110 valence electrons. The van der Waals surface area contributed by atoms with Crippen LogP contribution in [0.25, 0.3) is 0 Å². The summed E-state index contributed by atoms with van der Waals surface area (Å²) in [6.45, 7) is 4.84. The van der Waals surface area contributed by atoms with Gasteiger partial charge in [0.25, 0.3) is 0 Å². The summed E-state index contributed by atoms with van der Waals surface area (Å²) in [4.78, 5) is 0. The summed E-state index contributed by atoms with van der Waals surface area (Å²) in [7, 11) is 1.64. The second kappa shape index (κ2) is 11.9. The quantitative estimate of drug-likeness (QED) is 0.482. The highest BCUT2D eigenvalue weighted by molar-refractivity contribution is 4.77. The summed E-state index contributed by atoms with van der Waals surface area (Å²) in [5, 5.41) is 18.7. The maximum Gasteiger partial charge on any atom is 0.0701 e. The second-order valence-corrected chi connectivity index (χ2v) is 4.53. The average Bonchev–Trinajstić information content (AvgIpc) is 2.40. The standard InChI is InChI=1S/C13H28O5/c1-3-4-13(11-14,12-15)5-6-17-9-10-18-8-7-16-2/h14-15H,3-12H2,1-2H3. The molecular weight excluding hydrogens is 236 g/mol. The Kier molecular flexibility index (Phi) is 11.7. The molecule has 5 nitrogen and oxygen atoms in total. The third-order valence-corrected chi connectivity index (χ3v) is 3.03. The van der Waals surface area contributed by atoms with Crippen molar-refractivity contribution in [2.45, 2.75) is 26.2 Å². The highest BCUT2D eigenvalue weighted by atomic mass is 16.5. The van der Waals surface area contributed by atoms with E-state index in [1.807, 2.05) is 6.92 Å². The predicted octanol–water partition coefficient (Wildman–Crippen LogP) is 0.827. The van der Waals surface area contributed by atoms with Crippen molar-refractivity contribution >= 4 is 0 Å². The lowest BCUT2D eigenvalue weighted by molar-refractivity contribution is -0.00898. The molecule has 0 aliphatic heterocycles. The summed E-state index contributed by atoms with van der Waals surface area (Å²) >= 11 is 0. The molecule has 2 N–H and O–H groups in total. The van der Waals surface area contributed by atoms with Crippen LogP contribution in [0.15, 0.2) is 0 Å². The molecule has 0 fully saturated rings. The van der Waals surface area contributed by atoms with E-state index < -0.39 is 5.41 Å². The predicted molar refractivity (Wildman–Crippen MR) is 69.6 cm³/mol. The van der Waals surface area contributed by atoms with E-state index in [0.717, 1.165) is 12.8 Å². The Hall–Kier alpha value is -0.200. The highest BCUT2D eigenvalue weighted by Crippen LogP contribution is 2.26. The number of hydrogen-bond donors (Lipinski definition) is 2. The minimum atomic E-state index is -0.397. The number of hydrogen-bond acceptors (Lipinski definition) is 5. The van der Waals surface area contributed by atoms with Gasteiger partial charge in [0.05, 0.1) is 39.6 Å². The fourth-order valence-corrected chi connectivity index (χ4v) is 1.77. The summed E-state index contributed by atoms with van der Waals surface area (Å²) in [5.41, 5.74) is -0.397. The first kappa shape index (κ1) is 17.8. The van der Waals surface area contributed by atoms with Crippen LogP contribution >= 0.6 is 0 Å². The Balaban J connectivity index is 3.55. The van der Waals surface area contributed by atoms with Gasteiger partial charge in [0, 0.05) is 19.1 Å². The summed E-state index contributed by atoms with van der Waals surface area (Å²) in [5.74, 6) is 0. The monoisotopic (exact) mass is 264 g/mol. The van der Waals surface area contributed by atoms with Crippen LogP contribution in [0.4, 0.5) is 0 Å². The molecule has 0 heterocycles. The zero-order valence-electron chi connectivity index (χ0n) is 11.7. The van der Waals surface area contributed by atoms with Crippen molar-refractivity contribution in [3.63, 3.8) is 0 Å². The van der Waals surface area contributed by atoms with E-state index in [2.05, 4.69) is 0 Å². The van der Waals surface area contributed by atoms with Gasteiger partial charge in [-0.05, 0) is 12.8 Å². The Morgan fingerprint density at radius 2 is 1.39 bits per heavy atom. The molecule has 0 bridgehead atoms. The number of aliphatic hydroxyl groups excluding tert-OH is 2. The normalized spacial score (nSPS) is 12.0. The Labute approximate surface area is 110 Å².